The number of carbonyl (C=O) groups is 2. The third kappa shape index (κ3) is 3.89. The van der Waals surface area contributed by atoms with Gasteiger partial charge in [-0.1, -0.05) is 30.3 Å². The standard InChI is InChI=1S/C18H19N3O2S/c19-17(22)12-24-16-8-4-2-6-14(16)20-18(23)11-21-10-9-13-5-1-3-7-15(13)21/h1-8H,9-12H2,(H2,19,22)(H,20,23). The Morgan fingerprint density at radius 3 is 2.71 bits per heavy atom. The second-order valence-electron chi connectivity index (χ2n) is 5.60. The van der Waals surface area contributed by atoms with Gasteiger partial charge in [0, 0.05) is 17.1 Å². The molecule has 3 N–H and O–H groups in total. The lowest BCUT2D eigenvalue weighted by atomic mass is 10.2. The molecule has 124 valence electrons. The molecule has 0 bridgehead atoms. The van der Waals surface area contributed by atoms with E-state index in [1.807, 2.05) is 42.5 Å². The number of rotatable bonds is 6. The van der Waals surface area contributed by atoms with Gasteiger partial charge in [-0.15, -0.1) is 11.8 Å². The summed E-state index contributed by atoms with van der Waals surface area (Å²) in [7, 11) is 0. The van der Waals surface area contributed by atoms with Gasteiger partial charge in [0.25, 0.3) is 0 Å². The zero-order valence-electron chi connectivity index (χ0n) is 13.2. The van der Waals surface area contributed by atoms with Crippen LogP contribution in [0.1, 0.15) is 5.56 Å². The predicted molar refractivity (Wildman–Crippen MR) is 97.3 cm³/mol. The Morgan fingerprint density at radius 1 is 1.12 bits per heavy atom. The highest BCUT2D eigenvalue weighted by Gasteiger charge is 2.20. The van der Waals surface area contributed by atoms with E-state index in [2.05, 4.69) is 16.3 Å². The number of primary amides is 1. The predicted octanol–water partition coefficient (Wildman–Crippen LogP) is 2.27. The third-order valence-electron chi connectivity index (χ3n) is 3.85. The van der Waals surface area contributed by atoms with Crippen molar-refractivity contribution in [2.75, 3.05) is 29.1 Å². The first-order valence-corrected chi connectivity index (χ1v) is 8.75. The quantitative estimate of drug-likeness (QED) is 0.790. The second-order valence-corrected chi connectivity index (χ2v) is 6.62. The SMILES string of the molecule is NC(=O)CSc1ccccc1NC(=O)CN1CCc2ccccc21. The van der Waals surface area contributed by atoms with E-state index in [1.165, 1.54) is 17.3 Å². The summed E-state index contributed by atoms with van der Waals surface area (Å²) in [6, 6.07) is 15.6. The molecule has 6 heteroatoms. The number of fused-ring (bicyclic) bond motifs is 1. The fourth-order valence-corrected chi connectivity index (χ4v) is 3.53. The van der Waals surface area contributed by atoms with Gasteiger partial charge in [0.1, 0.15) is 0 Å². The first-order valence-electron chi connectivity index (χ1n) is 7.76. The van der Waals surface area contributed by atoms with Crippen molar-refractivity contribution in [3.8, 4) is 0 Å². The number of nitrogens with zero attached hydrogens (tertiary/aromatic N) is 1. The Morgan fingerprint density at radius 2 is 1.88 bits per heavy atom. The average Bonchev–Trinajstić information content (AvgIpc) is 2.97. The van der Waals surface area contributed by atoms with Gasteiger partial charge in [0.05, 0.1) is 18.0 Å². The summed E-state index contributed by atoms with van der Waals surface area (Å²) >= 11 is 1.33. The van der Waals surface area contributed by atoms with E-state index >= 15 is 0 Å². The Bertz CT molecular complexity index is 763. The normalized spacial score (nSPS) is 12.8. The molecule has 0 fully saturated rings. The minimum Gasteiger partial charge on any atom is -0.369 e. The molecule has 2 aromatic carbocycles. The number of carbonyl (C=O) groups excluding carboxylic acids is 2. The van der Waals surface area contributed by atoms with Gasteiger partial charge in [0.15, 0.2) is 0 Å². The van der Waals surface area contributed by atoms with Gasteiger partial charge in [-0.05, 0) is 30.2 Å². The smallest absolute Gasteiger partial charge is 0.243 e. The number of benzene rings is 2. The molecule has 0 spiro atoms. The number of anilines is 2. The van der Waals surface area contributed by atoms with Crippen molar-refractivity contribution in [1.82, 2.24) is 0 Å². The van der Waals surface area contributed by atoms with Crippen molar-refractivity contribution in [1.29, 1.82) is 0 Å². The highest BCUT2D eigenvalue weighted by Crippen LogP contribution is 2.28. The molecule has 2 aromatic rings. The first-order chi connectivity index (χ1) is 11.6. The van der Waals surface area contributed by atoms with E-state index in [4.69, 9.17) is 5.73 Å². The molecule has 24 heavy (non-hydrogen) atoms. The van der Waals surface area contributed by atoms with Crippen LogP contribution in [0.25, 0.3) is 0 Å². The van der Waals surface area contributed by atoms with Crippen LogP contribution >= 0.6 is 11.8 Å². The molecule has 0 aliphatic carbocycles. The number of nitrogens with two attached hydrogens (primary N) is 1. The number of thioether (sulfide) groups is 1. The Hall–Kier alpha value is -2.47. The summed E-state index contributed by atoms with van der Waals surface area (Å²) in [6.07, 6.45) is 0.967. The molecule has 5 nitrogen and oxygen atoms in total. The zero-order valence-corrected chi connectivity index (χ0v) is 14.0. The van der Waals surface area contributed by atoms with Crippen LogP contribution in [-0.4, -0.2) is 30.7 Å². The third-order valence-corrected chi connectivity index (χ3v) is 4.94. The van der Waals surface area contributed by atoms with Crippen LogP contribution in [0.2, 0.25) is 0 Å². The maximum atomic E-state index is 12.4. The summed E-state index contributed by atoms with van der Waals surface area (Å²) in [4.78, 5) is 26.3. The number of hydrogen-bond donors (Lipinski definition) is 2. The lowest BCUT2D eigenvalue weighted by molar-refractivity contribution is -0.116. The molecule has 0 saturated heterocycles. The van der Waals surface area contributed by atoms with Crippen LogP contribution in [0.4, 0.5) is 11.4 Å². The molecular weight excluding hydrogens is 322 g/mol. The Balaban J connectivity index is 1.65. The highest BCUT2D eigenvalue weighted by atomic mass is 32.2. The van der Waals surface area contributed by atoms with Crippen LogP contribution in [0.5, 0.6) is 0 Å². The van der Waals surface area contributed by atoms with E-state index in [-0.39, 0.29) is 17.6 Å². The number of para-hydroxylation sites is 2. The fourth-order valence-electron chi connectivity index (χ4n) is 2.78. The number of amides is 2. The Labute approximate surface area is 145 Å². The minimum atomic E-state index is -0.380. The van der Waals surface area contributed by atoms with E-state index < -0.39 is 0 Å². The largest absolute Gasteiger partial charge is 0.369 e. The Kier molecular flexibility index (Phi) is 5.05. The fraction of sp³-hybridized carbons (Fsp3) is 0.222. The summed E-state index contributed by atoms with van der Waals surface area (Å²) in [5.74, 6) is -0.263. The number of nitrogens with one attached hydrogen (secondary N) is 1. The molecule has 0 saturated carbocycles. The van der Waals surface area contributed by atoms with E-state index in [0.29, 0.717) is 12.2 Å². The molecule has 0 radical (unpaired) electrons. The summed E-state index contributed by atoms with van der Waals surface area (Å²) in [6.45, 7) is 1.16. The van der Waals surface area contributed by atoms with Crippen LogP contribution in [-0.2, 0) is 16.0 Å². The molecule has 1 heterocycles. The van der Waals surface area contributed by atoms with Gasteiger partial charge < -0.3 is 16.0 Å². The minimum absolute atomic E-state index is 0.0705. The maximum Gasteiger partial charge on any atom is 0.243 e. The summed E-state index contributed by atoms with van der Waals surface area (Å²) in [5, 5.41) is 2.94. The highest BCUT2D eigenvalue weighted by molar-refractivity contribution is 8.00. The van der Waals surface area contributed by atoms with Crippen LogP contribution in [0.15, 0.2) is 53.4 Å². The van der Waals surface area contributed by atoms with Gasteiger partial charge in [-0.25, -0.2) is 0 Å². The van der Waals surface area contributed by atoms with E-state index in [1.54, 1.807) is 0 Å². The van der Waals surface area contributed by atoms with Crippen molar-refractivity contribution in [2.24, 2.45) is 5.73 Å². The van der Waals surface area contributed by atoms with Crippen molar-refractivity contribution >= 4 is 35.0 Å². The topological polar surface area (TPSA) is 75.4 Å². The molecule has 3 rings (SSSR count). The second kappa shape index (κ2) is 7.40. The van der Waals surface area contributed by atoms with Gasteiger partial charge in [-0.3, -0.25) is 9.59 Å². The molecule has 0 unspecified atom stereocenters. The monoisotopic (exact) mass is 341 g/mol. The van der Waals surface area contributed by atoms with Crippen LogP contribution in [0, 0.1) is 0 Å². The first kappa shape index (κ1) is 16.4. The van der Waals surface area contributed by atoms with E-state index in [0.717, 1.165) is 23.5 Å². The average molecular weight is 341 g/mol. The van der Waals surface area contributed by atoms with Crippen molar-refractivity contribution in [2.45, 2.75) is 11.3 Å². The lowest BCUT2D eigenvalue weighted by Gasteiger charge is -2.19. The zero-order chi connectivity index (χ0) is 16.9. The van der Waals surface area contributed by atoms with Crippen molar-refractivity contribution in [3.05, 3.63) is 54.1 Å². The van der Waals surface area contributed by atoms with Gasteiger partial charge in [0.2, 0.25) is 11.8 Å². The molecule has 2 amide bonds. The maximum absolute atomic E-state index is 12.4. The molecule has 1 aliphatic heterocycles. The number of hydrogen-bond acceptors (Lipinski definition) is 4. The van der Waals surface area contributed by atoms with Crippen LogP contribution < -0.4 is 16.0 Å². The molecular formula is C18H19N3O2S. The van der Waals surface area contributed by atoms with Crippen molar-refractivity contribution < 1.29 is 9.59 Å². The molecule has 1 aliphatic rings. The summed E-state index contributed by atoms with van der Waals surface area (Å²) < 4.78 is 0. The molecule has 0 aromatic heterocycles. The van der Waals surface area contributed by atoms with Crippen molar-refractivity contribution in [3.63, 3.8) is 0 Å². The lowest BCUT2D eigenvalue weighted by Crippen LogP contribution is -2.32. The van der Waals surface area contributed by atoms with Gasteiger partial charge in [-0.2, -0.15) is 0 Å². The summed E-state index contributed by atoms with van der Waals surface area (Å²) in [5.41, 5.74) is 8.31. The van der Waals surface area contributed by atoms with Crippen LogP contribution in [0.3, 0.4) is 0 Å². The molecule has 0 atom stereocenters. The van der Waals surface area contributed by atoms with Gasteiger partial charge >= 0.3 is 0 Å². The van der Waals surface area contributed by atoms with E-state index in [9.17, 15) is 9.59 Å².